The molecule has 0 aromatic heterocycles. The molecule has 110 valence electrons. The maximum Gasteiger partial charge on any atom is 0.287 e. The van der Waals surface area contributed by atoms with Crippen LogP contribution in [-0.2, 0) is 4.79 Å². The van der Waals surface area contributed by atoms with Gasteiger partial charge in [0.25, 0.3) is 5.92 Å². The number of alkyl halides is 2. The van der Waals surface area contributed by atoms with Gasteiger partial charge in [-0.05, 0) is 23.1 Å². The predicted octanol–water partition coefficient (Wildman–Crippen LogP) is 2.57. The summed E-state index contributed by atoms with van der Waals surface area (Å²) in [6.07, 6.45) is 2.74. The molecule has 0 radical (unpaired) electrons. The van der Waals surface area contributed by atoms with Crippen molar-refractivity contribution in [1.82, 2.24) is 5.32 Å². The highest BCUT2D eigenvalue weighted by molar-refractivity contribution is 5.91. The fourth-order valence-corrected chi connectivity index (χ4v) is 1.50. The standard InChI is InChI=1S/C15H19F2NO2/c1-11(2)13-6-3-12(4-7-13)5-8-14(20)18-9-15(16,17)10-19/h3-8,11,19H,9-10H2,1-2H3,(H,18,20)/b8-5+. The third kappa shape index (κ3) is 5.48. The number of aliphatic hydroxyl groups excluding tert-OH is 1. The van der Waals surface area contributed by atoms with Crippen LogP contribution in [0, 0.1) is 0 Å². The molecule has 1 amide bonds. The van der Waals surface area contributed by atoms with E-state index in [0.717, 1.165) is 5.56 Å². The molecule has 0 spiro atoms. The second-order valence-corrected chi connectivity index (χ2v) is 4.89. The maximum absolute atomic E-state index is 12.7. The number of hydrogen-bond donors (Lipinski definition) is 2. The van der Waals surface area contributed by atoms with E-state index in [1.807, 2.05) is 29.6 Å². The van der Waals surface area contributed by atoms with Gasteiger partial charge in [0.05, 0.1) is 6.54 Å². The lowest BCUT2D eigenvalue weighted by Crippen LogP contribution is -2.38. The first-order valence-corrected chi connectivity index (χ1v) is 6.38. The fourth-order valence-electron chi connectivity index (χ4n) is 1.50. The zero-order chi connectivity index (χ0) is 15.2. The third-order valence-electron chi connectivity index (χ3n) is 2.78. The Kier molecular flexibility index (Phi) is 5.82. The molecule has 5 heteroatoms. The number of amides is 1. The topological polar surface area (TPSA) is 49.3 Å². The molecule has 1 rings (SSSR count). The van der Waals surface area contributed by atoms with Crippen molar-refractivity contribution in [2.45, 2.75) is 25.7 Å². The second kappa shape index (κ2) is 7.14. The number of carbonyl (C=O) groups is 1. The summed E-state index contributed by atoms with van der Waals surface area (Å²) in [6.45, 7) is 2.01. The highest BCUT2D eigenvalue weighted by Crippen LogP contribution is 2.15. The van der Waals surface area contributed by atoms with Gasteiger partial charge < -0.3 is 10.4 Å². The molecule has 0 aliphatic rings. The molecule has 0 heterocycles. The summed E-state index contributed by atoms with van der Waals surface area (Å²) in [5.74, 6) is -3.48. The van der Waals surface area contributed by atoms with Crippen molar-refractivity contribution >= 4 is 12.0 Å². The maximum atomic E-state index is 12.7. The van der Waals surface area contributed by atoms with Crippen LogP contribution in [0.4, 0.5) is 8.78 Å². The van der Waals surface area contributed by atoms with Crippen molar-refractivity contribution in [1.29, 1.82) is 0 Å². The van der Waals surface area contributed by atoms with Gasteiger partial charge in [0.15, 0.2) is 0 Å². The molecule has 2 N–H and O–H groups in total. The molecule has 0 saturated heterocycles. The average molecular weight is 283 g/mol. The van der Waals surface area contributed by atoms with Crippen LogP contribution in [0.2, 0.25) is 0 Å². The molecule has 0 bridgehead atoms. The average Bonchev–Trinajstić information content (AvgIpc) is 2.43. The molecular weight excluding hydrogens is 264 g/mol. The summed E-state index contributed by atoms with van der Waals surface area (Å²) in [6, 6.07) is 7.65. The van der Waals surface area contributed by atoms with E-state index in [9.17, 15) is 13.6 Å². The van der Waals surface area contributed by atoms with E-state index in [4.69, 9.17) is 5.11 Å². The Labute approximate surface area is 117 Å². The largest absolute Gasteiger partial charge is 0.390 e. The smallest absolute Gasteiger partial charge is 0.287 e. The summed E-state index contributed by atoms with van der Waals surface area (Å²) in [5.41, 5.74) is 2.01. The van der Waals surface area contributed by atoms with Crippen LogP contribution in [0.25, 0.3) is 6.08 Å². The number of rotatable bonds is 6. The van der Waals surface area contributed by atoms with E-state index in [1.54, 1.807) is 6.08 Å². The highest BCUT2D eigenvalue weighted by Gasteiger charge is 2.27. The van der Waals surface area contributed by atoms with E-state index in [2.05, 4.69) is 13.8 Å². The zero-order valence-electron chi connectivity index (χ0n) is 11.6. The van der Waals surface area contributed by atoms with Gasteiger partial charge in [0.1, 0.15) is 6.61 Å². The van der Waals surface area contributed by atoms with E-state index < -0.39 is 25.0 Å². The molecule has 3 nitrogen and oxygen atoms in total. The molecule has 0 unspecified atom stereocenters. The normalized spacial score (nSPS) is 12.1. The summed E-state index contributed by atoms with van der Waals surface area (Å²) in [5, 5.41) is 10.4. The number of halogens is 2. The molecule has 0 aliphatic heterocycles. The lowest BCUT2D eigenvalue weighted by molar-refractivity contribution is -0.119. The highest BCUT2D eigenvalue weighted by atomic mass is 19.3. The predicted molar refractivity (Wildman–Crippen MR) is 74.6 cm³/mol. The van der Waals surface area contributed by atoms with Crippen LogP contribution in [-0.4, -0.2) is 30.1 Å². The Bertz CT molecular complexity index is 467. The van der Waals surface area contributed by atoms with Crippen molar-refractivity contribution < 1.29 is 18.7 Å². The van der Waals surface area contributed by atoms with Crippen molar-refractivity contribution in [3.8, 4) is 0 Å². The quantitative estimate of drug-likeness (QED) is 0.788. The van der Waals surface area contributed by atoms with Crippen LogP contribution in [0.1, 0.15) is 30.9 Å². The van der Waals surface area contributed by atoms with E-state index in [1.165, 1.54) is 11.6 Å². The number of hydrogen-bond acceptors (Lipinski definition) is 2. The number of benzene rings is 1. The monoisotopic (exact) mass is 283 g/mol. The Morgan fingerprint density at radius 3 is 2.45 bits per heavy atom. The van der Waals surface area contributed by atoms with E-state index >= 15 is 0 Å². The minimum Gasteiger partial charge on any atom is -0.390 e. The number of nitrogens with one attached hydrogen (secondary N) is 1. The third-order valence-corrected chi connectivity index (χ3v) is 2.78. The van der Waals surface area contributed by atoms with Gasteiger partial charge in [-0.1, -0.05) is 38.1 Å². The lowest BCUT2D eigenvalue weighted by atomic mass is 10.0. The van der Waals surface area contributed by atoms with Crippen LogP contribution in [0.5, 0.6) is 0 Å². The Balaban J connectivity index is 2.53. The van der Waals surface area contributed by atoms with Gasteiger partial charge in [-0.15, -0.1) is 0 Å². The zero-order valence-corrected chi connectivity index (χ0v) is 11.6. The molecule has 1 aromatic rings. The van der Waals surface area contributed by atoms with Crippen molar-refractivity contribution in [2.75, 3.05) is 13.2 Å². The van der Waals surface area contributed by atoms with Crippen LogP contribution in [0.3, 0.4) is 0 Å². The summed E-state index contributed by atoms with van der Waals surface area (Å²) in [4.78, 5) is 11.3. The minimum atomic E-state index is -3.29. The van der Waals surface area contributed by atoms with Gasteiger partial charge in [0, 0.05) is 6.08 Å². The summed E-state index contributed by atoms with van der Waals surface area (Å²) >= 11 is 0. The van der Waals surface area contributed by atoms with Crippen LogP contribution in [0.15, 0.2) is 30.3 Å². The molecule has 0 aliphatic carbocycles. The molecule has 1 aromatic carbocycles. The van der Waals surface area contributed by atoms with Crippen molar-refractivity contribution in [2.24, 2.45) is 0 Å². The fraction of sp³-hybridized carbons (Fsp3) is 0.400. The minimum absolute atomic E-state index is 0.428. The Morgan fingerprint density at radius 1 is 1.35 bits per heavy atom. The van der Waals surface area contributed by atoms with Crippen LogP contribution < -0.4 is 5.32 Å². The van der Waals surface area contributed by atoms with Gasteiger partial charge in [-0.25, -0.2) is 8.78 Å². The van der Waals surface area contributed by atoms with Gasteiger partial charge in [-0.2, -0.15) is 0 Å². The van der Waals surface area contributed by atoms with Crippen LogP contribution >= 0.6 is 0 Å². The first kappa shape index (κ1) is 16.3. The first-order chi connectivity index (χ1) is 9.34. The molecule has 0 fully saturated rings. The number of aliphatic hydroxyl groups is 1. The SMILES string of the molecule is CC(C)c1ccc(/C=C/C(=O)NCC(F)(F)CO)cc1. The van der Waals surface area contributed by atoms with Crippen molar-refractivity contribution in [3.05, 3.63) is 41.5 Å². The second-order valence-electron chi connectivity index (χ2n) is 4.89. The summed E-state index contributed by atoms with van der Waals surface area (Å²) in [7, 11) is 0. The van der Waals surface area contributed by atoms with Gasteiger partial charge >= 0.3 is 0 Å². The van der Waals surface area contributed by atoms with Gasteiger partial charge in [-0.3, -0.25) is 4.79 Å². The Morgan fingerprint density at radius 2 is 1.95 bits per heavy atom. The summed E-state index contributed by atoms with van der Waals surface area (Å²) < 4.78 is 25.4. The molecule has 0 saturated carbocycles. The van der Waals surface area contributed by atoms with Gasteiger partial charge in [0.2, 0.25) is 5.91 Å². The lowest BCUT2D eigenvalue weighted by Gasteiger charge is -2.12. The molecule has 20 heavy (non-hydrogen) atoms. The molecular formula is C15H19F2NO2. The van der Waals surface area contributed by atoms with Crippen molar-refractivity contribution in [3.63, 3.8) is 0 Å². The van der Waals surface area contributed by atoms with E-state index in [-0.39, 0.29) is 0 Å². The Hall–Kier alpha value is -1.75. The molecule has 0 atom stereocenters. The van der Waals surface area contributed by atoms with E-state index in [0.29, 0.717) is 5.92 Å². The first-order valence-electron chi connectivity index (χ1n) is 6.38. The number of carbonyl (C=O) groups excluding carboxylic acids is 1.